The molecule has 8 nitrogen and oxygen atoms in total. The Labute approximate surface area is 169 Å². The summed E-state index contributed by atoms with van der Waals surface area (Å²) in [7, 11) is 0. The predicted molar refractivity (Wildman–Crippen MR) is 113 cm³/mol. The van der Waals surface area contributed by atoms with Gasteiger partial charge in [0.1, 0.15) is 5.65 Å². The van der Waals surface area contributed by atoms with Crippen LogP contribution >= 0.6 is 0 Å². The molecule has 0 amide bonds. The maximum atomic E-state index is 12.6. The Morgan fingerprint density at radius 1 is 1.34 bits per heavy atom. The van der Waals surface area contributed by atoms with Gasteiger partial charge in [-0.25, -0.2) is 4.79 Å². The van der Waals surface area contributed by atoms with E-state index in [9.17, 15) is 4.79 Å². The first-order valence-corrected chi connectivity index (χ1v) is 10.1. The van der Waals surface area contributed by atoms with E-state index in [1.54, 1.807) is 4.57 Å². The van der Waals surface area contributed by atoms with Crippen molar-refractivity contribution in [3.63, 3.8) is 0 Å². The van der Waals surface area contributed by atoms with Crippen LogP contribution in [0.2, 0.25) is 0 Å². The van der Waals surface area contributed by atoms with Crippen molar-refractivity contribution in [2.24, 2.45) is 11.5 Å². The molecule has 6 N–H and O–H groups in total. The molecule has 154 valence electrons. The van der Waals surface area contributed by atoms with Crippen molar-refractivity contribution in [2.75, 3.05) is 13.1 Å². The van der Waals surface area contributed by atoms with Gasteiger partial charge in [0, 0.05) is 29.9 Å². The van der Waals surface area contributed by atoms with Crippen LogP contribution in [0.25, 0.3) is 16.7 Å². The van der Waals surface area contributed by atoms with Crippen LogP contribution in [0.15, 0.2) is 41.3 Å². The molecular weight excluding hydrogens is 368 g/mol. The summed E-state index contributed by atoms with van der Waals surface area (Å²) < 4.78 is 7.48. The smallest absolute Gasteiger partial charge is 0.354 e. The molecule has 8 heteroatoms. The number of aromatic nitrogens is 3. The number of hydrogen-bond acceptors (Lipinski definition) is 6. The number of nitrogens with two attached hydrogens (primary N) is 2. The fraction of sp³-hybridized carbons (Fsp3) is 0.429. The number of H-pyrrole nitrogens is 1. The van der Waals surface area contributed by atoms with Gasteiger partial charge < -0.3 is 26.5 Å². The summed E-state index contributed by atoms with van der Waals surface area (Å²) in [4.78, 5) is 20.0. The van der Waals surface area contributed by atoms with Gasteiger partial charge in [-0.1, -0.05) is 12.1 Å². The normalized spacial score (nSPS) is 21.8. The Morgan fingerprint density at radius 3 is 2.83 bits per heavy atom. The summed E-state index contributed by atoms with van der Waals surface area (Å²) in [5, 5.41) is 4.21. The fourth-order valence-electron chi connectivity index (χ4n) is 3.66. The summed E-state index contributed by atoms with van der Waals surface area (Å²) in [5.41, 5.74) is 14.7. The van der Waals surface area contributed by atoms with Crippen LogP contribution < -0.4 is 22.5 Å². The lowest BCUT2D eigenvalue weighted by Crippen LogP contribution is -2.26. The molecule has 1 aromatic carbocycles. The van der Waals surface area contributed by atoms with Gasteiger partial charge in [0.15, 0.2) is 0 Å². The highest BCUT2D eigenvalue weighted by atomic mass is 16.5. The van der Waals surface area contributed by atoms with E-state index < -0.39 is 0 Å². The second-order valence-electron chi connectivity index (χ2n) is 7.64. The minimum absolute atomic E-state index is 0.0164. The van der Waals surface area contributed by atoms with Crippen LogP contribution in [0.5, 0.6) is 0 Å². The van der Waals surface area contributed by atoms with E-state index in [-0.39, 0.29) is 23.9 Å². The van der Waals surface area contributed by atoms with Crippen molar-refractivity contribution < 1.29 is 4.74 Å². The van der Waals surface area contributed by atoms with Crippen LogP contribution in [-0.2, 0) is 11.3 Å². The number of ether oxygens (including phenoxy) is 1. The minimum Gasteiger partial charge on any atom is -0.367 e. The largest absolute Gasteiger partial charge is 0.367 e. The Hall–Kier alpha value is -2.52. The molecule has 2 aromatic heterocycles. The third-order valence-corrected chi connectivity index (χ3v) is 5.45. The van der Waals surface area contributed by atoms with Crippen molar-refractivity contribution >= 4 is 11.0 Å². The van der Waals surface area contributed by atoms with Crippen LogP contribution in [-0.4, -0.2) is 39.8 Å². The van der Waals surface area contributed by atoms with Crippen molar-refractivity contribution in [3.05, 3.63) is 58.3 Å². The zero-order valence-corrected chi connectivity index (χ0v) is 16.6. The van der Waals surface area contributed by atoms with E-state index in [0.717, 1.165) is 48.3 Å². The third kappa shape index (κ3) is 4.25. The molecule has 1 unspecified atom stereocenters. The number of rotatable bonds is 7. The standard InChI is InChI=1S/C21H28N6O2/c1-13-17(23)10-19(29-13)18-9-15-12-27(21(28)26-20(15)25-18)16-5-3-14(4-6-16)11-24-8-2-7-22/h3-6,9,12-13,17,19,24H,2,7-8,10-11,22-23H2,1H3,(H,25,26,28)/t13-,17-,19?/m1/s1. The van der Waals surface area contributed by atoms with Crippen LogP contribution in [0.1, 0.15) is 37.1 Å². The minimum atomic E-state index is -0.322. The quantitative estimate of drug-likeness (QED) is 0.447. The highest BCUT2D eigenvalue weighted by Crippen LogP contribution is 2.32. The predicted octanol–water partition coefficient (Wildman–Crippen LogP) is 1.33. The second kappa shape index (κ2) is 8.46. The van der Waals surface area contributed by atoms with Gasteiger partial charge in [-0.05, 0) is 56.6 Å². The van der Waals surface area contributed by atoms with E-state index in [0.29, 0.717) is 12.2 Å². The summed E-state index contributed by atoms with van der Waals surface area (Å²) in [6.07, 6.45) is 3.44. The molecule has 0 spiro atoms. The van der Waals surface area contributed by atoms with Crippen LogP contribution in [0, 0.1) is 0 Å². The molecule has 1 aliphatic heterocycles. The summed E-state index contributed by atoms with van der Waals surface area (Å²) in [6, 6.07) is 9.90. The monoisotopic (exact) mass is 396 g/mol. The highest BCUT2D eigenvalue weighted by Gasteiger charge is 2.31. The lowest BCUT2D eigenvalue weighted by atomic mass is 10.1. The Balaban J connectivity index is 1.55. The van der Waals surface area contributed by atoms with E-state index in [1.807, 2.05) is 43.5 Å². The highest BCUT2D eigenvalue weighted by molar-refractivity contribution is 5.76. The first-order valence-electron chi connectivity index (χ1n) is 10.1. The number of hydrogen-bond donors (Lipinski definition) is 4. The number of fused-ring (bicyclic) bond motifs is 1. The lowest BCUT2D eigenvalue weighted by molar-refractivity contribution is 0.0503. The maximum absolute atomic E-state index is 12.6. The van der Waals surface area contributed by atoms with E-state index in [1.165, 1.54) is 0 Å². The summed E-state index contributed by atoms with van der Waals surface area (Å²) >= 11 is 0. The van der Waals surface area contributed by atoms with Crippen molar-refractivity contribution in [1.82, 2.24) is 19.9 Å². The summed E-state index contributed by atoms with van der Waals surface area (Å²) in [6.45, 7) is 4.33. The molecule has 29 heavy (non-hydrogen) atoms. The number of aromatic amines is 1. The zero-order chi connectivity index (χ0) is 20.4. The zero-order valence-electron chi connectivity index (χ0n) is 16.6. The van der Waals surface area contributed by atoms with E-state index >= 15 is 0 Å². The maximum Gasteiger partial charge on any atom is 0.354 e. The van der Waals surface area contributed by atoms with Crippen molar-refractivity contribution in [1.29, 1.82) is 0 Å². The van der Waals surface area contributed by atoms with Crippen molar-refractivity contribution in [3.8, 4) is 5.69 Å². The van der Waals surface area contributed by atoms with Gasteiger partial charge >= 0.3 is 5.69 Å². The molecule has 1 saturated heterocycles. The average Bonchev–Trinajstić information content (AvgIpc) is 3.28. The molecular formula is C21H28N6O2. The molecule has 1 aliphatic rings. The number of nitrogens with zero attached hydrogens (tertiary/aromatic N) is 2. The third-order valence-electron chi connectivity index (χ3n) is 5.45. The molecule has 4 rings (SSSR count). The van der Waals surface area contributed by atoms with Gasteiger partial charge in [0.25, 0.3) is 0 Å². The molecule has 0 bridgehead atoms. The van der Waals surface area contributed by atoms with E-state index in [2.05, 4.69) is 15.3 Å². The molecule has 3 aromatic rings. The number of benzene rings is 1. The fourth-order valence-corrected chi connectivity index (χ4v) is 3.66. The van der Waals surface area contributed by atoms with Gasteiger partial charge in [-0.15, -0.1) is 0 Å². The lowest BCUT2D eigenvalue weighted by Gasteiger charge is -2.08. The average molecular weight is 396 g/mol. The molecule has 3 heterocycles. The molecule has 0 radical (unpaired) electrons. The van der Waals surface area contributed by atoms with Gasteiger partial charge in [-0.2, -0.15) is 4.98 Å². The van der Waals surface area contributed by atoms with Crippen LogP contribution in [0.4, 0.5) is 0 Å². The molecule has 0 saturated carbocycles. The second-order valence-corrected chi connectivity index (χ2v) is 7.64. The molecule has 0 aliphatic carbocycles. The summed E-state index contributed by atoms with van der Waals surface area (Å²) in [5.74, 6) is 0. The first-order chi connectivity index (χ1) is 14.0. The molecule has 3 atom stereocenters. The Kier molecular flexibility index (Phi) is 5.77. The van der Waals surface area contributed by atoms with Crippen molar-refractivity contribution in [2.45, 2.75) is 44.6 Å². The number of nitrogens with one attached hydrogen (secondary N) is 2. The van der Waals surface area contributed by atoms with Gasteiger partial charge in [0.05, 0.1) is 17.9 Å². The molecule has 1 fully saturated rings. The van der Waals surface area contributed by atoms with Gasteiger partial charge in [0.2, 0.25) is 0 Å². The Morgan fingerprint density at radius 2 is 2.14 bits per heavy atom. The van der Waals surface area contributed by atoms with Gasteiger partial charge in [-0.3, -0.25) is 4.57 Å². The Bertz CT molecular complexity index is 1020. The SMILES string of the molecule is C[C@H]1OC(c2cc3cn(-c4ccc(CNCCCN)cc4)c(=O)nc3[nH]2)C[C@H]1N. The van der Waals surface area contributed by atoms with Crippen LogP contribution in [0.3, 0.4) is 0 Å². The topological polar surface area (TPSA) is 124 Å². The first kappa shape index (κ1) is 19.8. The van der Waals surface area contributed by atoms with E-state index in [4.69, 9.17) is 16.2 Å².